The molecule has 2 aromatic rings. The summed E-state index contributed by atoms with van der Waals surface area (Å²) in [6.07, 6.45) is 5.35. The Hall–Kier alpha value is -1.85. The van der Waals surface area contributed by atoms with Gasteiger partial charge >= 0.3 is 0 Å². The average Bonchev–Trinajstić information content (AvgIpc) is 2.83. The molecule has 0 saturated heterocycles. The van der Waals surface area contributed by atoms with E-state index in [4.69, 9.17) is 10.6 Å². The van der Waals surface area contributed by atoms with E-state index in [1.54, 1.807) is 6.20 Å². The fourth-order valence-corrected chi connectivity index (χ4v) is 2.08. The molecule has 0 bridgehead atoms. The molecule has 5 heteroatoms. The smallest absolute Gasteiger partial charge is 0.119 e. The maximum atomic E-state index is 5.75. The summed E-state index contributed by atoms with van der Waals surface area (Å²) in [6, 6.07) is 8.20. The molecule has 3 N–H and O–H groups in total. The molecule has 0 radical (unpaired) electrons. The SMILES string of the molecule is Cc1cccc(OCCC(Cc2nccn2C)NN)c1. The molecular formula is C15H22N4O. The van der Waals surface area contributed by atoms with Gasteiger partial charge in [-0.25, -0.2) is 4.98 Å². The Morgan fingerprint density at radius 2 is 2.30 bits per heavy atom. The molecule has 0 aliphatic heterocycles. The maximum Gasteiger partial charge on any atom is 0.119 e. The van der Waals surface area contributed by atoms with Crippen molar-refractivity contribution in [2.75, 3.05) is 6.61 Å². The first-order valence-corrected chi connectivity index (χ1v) is 6.81. The number of hydrogen-bond donors (Lipinski definition) is 2. The van der Waals surface area contributed by atoms with Gasteiger partial charge in [-0.05, 0) is 31.0 Å². The first-order chi connectivity index (χ1) is 9.69. The first kappa shape index (κ1) is 14.6. The summed E-state index contributed by atoms with van der Waals surface area (Å²) in [5, 5.41) is 0. The highest BCUT2D eigenvalue weighted by atomic mass is 16.5. The number of aromatic nitrogens is 2. The Bertz CT molecular complexity index is 538. The van der Waals surface area contributed by atoms with Crippen LogP contribution in [0.15, 0.2) is 36.7 Å². The van der Waals surface area contributed by atoms with Crippen LogP contribution in [0.5, 0.6) is 5.75 Å². The summed E-state index contributed by atoms with van der Waals surface area (Å²) in [5.74, 6) is 7.52. The number of nitrogens with two attached hydrogens (primary N) is 1. The normalized spacial score (nSPS) is 12.3. The number of hydrogen-bond acceptors (Lipinski definition) is 4. The molecule has 1 atom stereocenters. The Labute approximate surface area is 119 Å². The van der Waals surface area contributed by atoms with E-state index >= 15 is 0 Å². The van der Waals surface area contributed by atoms with Gasteiger partial charge in [0.05, 0.1) is 6.61 Å². The molecule has 20 heavy (non-hydrogen) atoms. The number of ether oxygens (including phenoxy) is 1. The van der Waals surface area contributed by atoms with E-state index in [0.29, 0.717) is 6.61 Å². The third kappa shape index (κ3) is 4.08. The lowest BCUT2D eigenvalue weighted by molar-refractivity contribution is 0.283. The van der Waals surface area contributed by atoms with E-state index in [9.17, 15) is 0 Å². The summed E-state index contributed by atoms with van der Waals surface area (Å²) in [6.45, 7) is 2.68. The molecular weight excluding hydrogens is 252 g/mol. The summed E-state index contributed by atoms with van der Waals surface area (Å²) >= 11 is 0. The fraction of sp³-hybridized carbons (Fsp3) is 0.400. The van der Waals surface area contributed by atoms with Crippen molar-refractivity contribution in [3.63, 3.8) is 0 Å². The summed E-state index contributed by atoms with van der Waals surface area (Å²) in [5.41, 5.74) is 4.03. The van der Waals surface area contributed by atoms with Crippen molar-refractivity contribution < 1.29 is 4.74 Å². The van der Waals surface area contributed by atoms with Gasteiger partial charge in [0.25, 0.3) is 0 Å². The van der Waals surface area contributed by atoms with Gasteiger partial charge in [-0.3, -0.25) is 11.3 Å². The zero-order chi connectivity index (χ0) is 14.4. The van der Waals surface area contributed by atoms with Crippen molar-refractivity contribution in [1.29, 1.82) is 0 Å². The predicted octanol–water partition coefficient (Wildman–Crippen LogP) is 1.57. The molecule has 5 nitrogen and oxygen atoms in total. The third-order valence-electron chi connectivity index (χ3n) is 3.31. The molecule has 1 aromatic carbocycles. The van der Waals surface area contributed by atoms with E-state index in [0.717, 1.165) is 24.4 Å². The minimum absolute atomic E-state index is 0.154. The standard InChI is InChI=1S/C15H22N4O/c1-12-4-3-5-14(10-12)20-9-6-13(18-16)11-15-17-7-8-19(15)2/h3-5,7-8,10,13,18H,6,9,11,16H2,1-2H3. The van der Waals surface area contributed by atoms with Crippen molar-refractivity contribution in [2.45, 2.75) is 25.8 Å². The van der Waals surface area contributed by atoms with Gasteiger partial charge in [0, 0.05) is 31.9 Å². The van der Waals surface area contributed by atoms with E-state index < -0.39 is 0 Å². The van der Waals surface area contributed by atoms with Gasteiger partial charge in [-0.2, -0.15) is 0 Å². The molecule has 0 aliphatic carbocycles. The topological polar surface area (TPSA) is 65.1 Å². The highest BCUT2D eigenvalue weighted by Gasteiger charge is 2.11. The van der Waals surface area contributed by atoms with Gasteiger partial charge in [0.15, 0.2) is 0 Å². The van der Waals surface area contributed by atoms with Gasteiger partial charge < -0.3 is 9.30 Å². The number of aryl methyl sites for hydroxylation is 2. The summed E-state index contributed by atoms with van der Waals surface area (Å²) in [4.78, 5) is 4.31. The molecule has 0 saturated carbocycles. The van der Waals surface area contributed by atoms with Gasteiger partial charge in [0.1, 0.15) is 11.6 Å². The van der Waals surface area contributed by atoms with Crippen LogP contribution in [0.25, 0.3) is 0 Å². The van der Waals surface area contributed by atoms with Crippen molar-refractivity contribution in [2.24, 2.45) is 12.9 Å². The van der Waals surface area contributed by atoms with E-state index in [1.807, 2.05) is 36.0 Å². The van der Waals surface area contributed by atoms with E-state index in [-0.39, 0.29) is 6.04 Å². The van der Waals surface area contributed by atoms with Crippen LogP contribution in [0.4, 0.5) is 0 Å². The van der Waals surface area contributed by atoms with Crippen molar-refractivity contribution in [1.82, 2.24) is 15.0 Å². The molecule has 2 rings (SSSR count). The average molecular weight is 274 g/mol. The lowest BCUT2D eigenvalue weighted by Crippen LogP contribution is -2.38. The number of imidazole rings is 1. The molecule has 0 fully saturated rings. The molecule has 0 amide bonds. The van der Waals surface area contributed by atoms with Crippen LogP contribution in [-0.2, 0) is 13.5 Å². The Kier molecular flexibility index (Phi) is 5.15. The van der Waals surface area contributed by atoms with Crippen molar-refractivity contribution in [3.8, 4) is 5.75 Å². The number of benzene rings is 1. The highest BCUT2D eigenvalue weighted by Crippen LogP contribution is 2.13. The van der Waals surface area contributed by atoms with Crippen molar-refractivity contribution in [3.05, 3.63) is 48.0 Å². The Morgan fingerprint density at radius 3 is 2.95 bits per heavy atom. The van der Waals surface area contributed by atoms with Gasteiger partial charge in [-0.1, -0.05) is 12.1 Å². The minimum Gasteiger partial charge on any atom is -0.494 e. The maximum absolute atomic E-state index is 5.75. The van der Waals surface area contributed by atoms with Crippen LogP contribution >= 0.6 is 0 Å². The lowest BCUT2D eigenvalue weighted by atomic mass is 10.1. The van der Waals surface area contributed by atoms with Crippen LogP contribution in [0.1, 0.15) is 17.8 Å². The largest absolute Gasteiger partial charge is 0.494 e. The van der Waals surface area contributed by atoms with Gasteiger partial charge in [-0.15, -0.1) is 0 Å². The van der Waals surface area contributed by atoms with Crippen LogP contribution in [-0.4, -0.2) is 22.2 Å². The fourth-order valence-electron chi connectivity index (χ4n) is 2.08. The van der Waals surface area contributed by atoms with Crippen LogP contribution in [0.2, 0.25) is 0 Å². The summed E-state index contributed by atoms with van der Waals surface area (Å²) < 4.78 is 7.75. The molecule has 1 heterocycles. The zero-order valence-corrected chi connectivity index (χ0v) is 12.0. The highest BCUT2D eigenvalue weighted by molar-refractivity contribution is 5.27. The summed E-state index contributed by atoms with van der Waals surface area (Å²) in [7, 11) is 1.99. The second-order valence-electron chi connectivity index (χ2n) is 4.98. The first-order valence-electron chi connectivity index (χ1n) is 6.81. The predicted molar refractivity (Wildman–Crippen MR) is 79.3 cm³/mol. The second-order valence-corrected chi connectivity index (χ2v) is 4.98. The molecule has 0 aliphatic rings. The number of rotatable bonds is 7. The molecule has 108 valence electrons. The number of nitrogens with zero attached hydrogens (tertiary/aromatic N) is 2. The second kappa shape index (κ2) is 7.07. The van der Waals surface area contributed by atoms with Crippen molar-refractivity contribution >= 4 is 0 Å². The number of hydrazine groups is 1. The quantitative estimate of drug-likeness (QED) is 0.594. The van der Waals surface area contributed by atoms with E-state index in [2.05, 4.69) is 23.4 Å². The zero-order valence-electron chi connectivity index (χ0n) is 12.0. The van der Waals surface area contributed by atoms with Crippen LogP contribution in [0.3, 0.4) is 0 Å². The Balaban J connectivity index is 1.81. The molecule has 0 spiro atoms. The van der Waals surface area contributed by atoms with E-state index in [1.165, 1.54) is 5.56 Å². The number of nitrogens with one attached hydrogen (secondary N) is 1. The molecule has 1 aromatic heterocycles. The van der Waals surface area contributed by atoms with Crippen LogP contribution < -0.4 is 16.0 Å². The van der Waals surface area contributed by atoms with Crippen LogP contribution in [0, 0.1) is 6.92 Å². The Morgan fingerprint density at radius 1 is 1.45 bits per heavy atom. The lowest BCUT2D eigenvalue weighted by Gasteiger charge is -2.16. The molecule has 1 unspecified atom stereocenters. The monoisotopic (exact) mass is 274 g/mol. The minimum atomic E-state index is 0.154. The third-order valence-corrected chi connectivity index (χ3v) is 3.31. The van der Waals surface area contributed by atoms with Gasteiger partial charge in [0.2, 0.25) is 0 Å².